The summed E-state index contributed by atoms with van der Waals surface area (Å²) in [4.78, 5) is 38.9. The maximum absolute atomic E-state index is 12.2. The third kappa shape index (κ3) is 7.94. The summed E-state index contributed by atoms with van der Waals surface area (Å²) in [6.07, 6.45) is -0.801. The number of nitrogens with zero attached hydrogens (tertiary/aromatic N) is 4. The lowest BCUT2D eigenvalue weighted by Gasteiger charge is -2.37. The molecule has 0 saturated carbocycles. The van der Waals surface area contributed by atoms with Crippen molar-refractivity contribution in [3.8, 4) is 5.88 Å². The summed E-state index contributed by atoms with van der Waals surface area (Å²) in [5, 5.41) is 0. The second-order valence-electron chi connectivity index (χ2n) is 8.00. The predicted molar refractivity (Wildman–Crippen MR) is 112 cm³/mol. The van der Waals surface area contributed by atoms with Gasteiger partial charge in [-0.05, 0) is 20.8 Å². The molecule has 0 spiro atoms. The highest BCUT2D eigenvalue weighted by molar-refractivity contribution is 6.99. The average molecular weight is 459 g/mol. The molecule has 1 saturated heterocycles. The molecule has 11 nitrogen and oxygen atoms in total. The molecule has 1 aliphatic rings. The molecule has 0 unspecified atom stereocenters. The van der Waals surface area contributed by atoms with Crippen molar-refractivity contribution in [2.75, 3.05) is 51.0 Å². The number of hydrogen-bond acceptors (Lipinski definition) is 11. The van der Waals surface area contributed by atoms with E-state index in [1.54, 1.807) is 4.90 Å². The van der Waals surface area contributed by atoms with Gasteiger partial charge in [-0.3, -0.25) is 9.59 Å². The van der Waals surface area contributed by atoms with E-state index in [0.717, 1.165) is 11.7 Å². The van der Waals surface area contributed by atoms with Gasteiger partial charge in [-0.2, -0.15) is 4.37 Å². The summed E-state index contributed by atoms with van der Waals surface area (Å²) in [5.74, 6) is -0.548. The molecular formula is C19H30N4O7S. The maximum atomic E-state index is 12.2. The van der Waals surface area contributed by atoms with Crippen LogP contribution in [0.5, 0.6) is 5.88 Å². The Hall–Kier alpha value is -2.47. The van der Waals surface area contributed by atoms with E-state index in [-0.39, 0.29) is 19.1 Å². The number of amides is 1. The first kappa shape index (κ1) is 24.8. The molecule has 2 heterocycles. The Morgan fingerprint density at radius 3 is 2.45 bits per heavy atom. The van der Waals surface area contributed by atoms with Crippen LogP contribution in [-0.4, -0.2) is 89.2 Å². The molecule has 1 fully saturated rings. The van der Waals surface area contributed by atoms with Crippen LogP contribution < -0.4 is 9.64 Å². The highest BCUT2D eigenvalue weighted by Gasteiger charge is 2.30. The van der Waals surface area contributed by atoms with E-state index in [0.29, 0.717) is 38.0 Å². The topological polar surface area (TPSA) is 120 Å². The molecule has 1 aromatic rings. The van der Waals surface area contributed by atoms with E-state index < -0.39 is 30.2 Å². The molecule has 0 aromatic carbocycles. The van der Waals surface area contributed by atoms with E-state index in [2.05, 4.69) is 8.75 Å². The second kappa shape index (κ2) is 11.2. The van der Waals surface area contributed by atoms with E-state index >= 15 is 0 Å². The number of anilines is 1. The van der Waals surface area contributed by atoms with Crippen molar-refractivity contribution >= 4 is 35.4 Å². The van der Waals surface area contributed by atoms with Gasteiger partial charge in [0.1, 0.15) is 6.61 Å². The molecule has 0 N–H and O–H groups in total. The largest absolute Gasteiger partial charge is 0.470 e. The minimum Gasteiger partial charge on any atom is -0.470 e. The molecule has 2 rings (SSSR count). The molecular weight excluding hydrogens is 428 g/mol. The Morgan fingerprint density at radius 2 is 1.87 bits per heavy atom. The summed E-state index contributed by atoms with van der Waals surface area (Å²) >= 11 is 1.02. The Balaban J connectivity index is 2.09. The van der Waals surface area contributed by atoms with Crippen LogP contribution in [0.3, 0.4) is 0 Å². The zero-order valence-electron chi connectivity index (χ0n) is 18.6. The van der Waals surface area contributed by atoms with Gasteiger partial charge in [-0.15, -0.1) is 4.37 Å². The number of carbonyl (C=O) groups excluding carboxylic acids is 3. The number of rotatable bonds is 9. The van der Waals surface area contributed by atoms with Crippen LogP contribution in [0.15, 0.2) is 0 Å². The highest BCUT2D eigenvalue weighted by Crippen LogP contribution is 2.26. The number of esters is 2. The number of ether oxygens (including phenoxy) is 4. The number of aromatic nitrogens is 2. The van der Waals surface area contributed by atoms with Gasteiger partial charge in [0.05, 0.1) is 31.5 Å². The molecule has 174 valence electrons. The monoisotopic (exact) mass is 458 g/mol. The molecule has 1 aliphatic heterocycles. The highest BCUT2D eigenvalue weighted by atomic mass is 32.1. The van der Waals surface area contributed by atoms with Crippen LogP contribution in [-0.2, 0) is 28.6 Å². The number of carbonyl (C=O) groups is 3. The molecule has 1 aromatic heterocycles. The Labute approximate surface area is 185 Å². The fraction of sp³-hybridized carbons (Fsp3) is 0.737. The van der Waals surface area contributed by atoms with Crippen LogP contribution >= 0.6 is 11.7 Å². The maximum Gasteiger partial charge on any atom is 0.344 e. The zero-order valence-corrected chi connectivity index (χ0v) is 19.4. The first-order chi connectivity index (χ1) is 14.6. The normalized spacial score (nSPS) is 15.2. The standard InChI is InChI=1S/C19H30N4O7S/c1-13(24)23(19(3,4)5)10-15(30-16(26)12-28-14(2)25)11-29-18-17(20-31-21-18)22-6-8-27-9-7-22/h15H,6-12H2,1-5H3/t15-/m0/s1. The first-order valence-corrected chi connectivity index (χ1v) is 10.7. The number of morpholine rings is 1. The van der Waals surface area contributed by atoms with Gasteiger partial charge >= 0.3 is 11.9 Å². The summed E-state index contributed by atoms with van der Waals surface area (Å²) in [6.45, 7) is 10.4. The Kier molecular flexibility index (Phi) is 8.99. The van der Waals surface area contributed by atoms with Crippen molar-refractivity contribution in [2.45, 2.75) is 46.3 Å². The van der Waals surface area contributed by atoms with Crippen LogP contribution in [0, 0.1) is 0 Å². The second-order valence-corrected chi connectivity index (χ2v) is 8.52. The van der Waals surface area contributed by atoms with E-state index in [9.17, 15) is 14.4 Å². The third-order valence-electron chi connectivity index (χ3n) is 4.43. The quantitative estimate of drug-likeness (QED) is 0.493. The first-order valence-electron chi connectivity index (χ1n) is 9.97. The predicted octanol–water partition coefficient (Wildman–Crippen LogP) is 0.875. The minimum atomic E-state index is -0.801. The molecule has 0 radical (unpaired) electrons. The van der Waals surface area contributed by atoms with Crippen molar-refractivity contribution in [1.82, 2.24) is 13.6 Å². The van der Waals surface area contributed by atoms with Crippen LogP contribution in [0.1, 0.15) is 34.6 Å². The summed E-state index contributed by atoms with van der Waals surface area (Å²) in [5.41, 5.74) is -0.493. The van der Waals surface area contributed by atoms with Gasteiger partial charge in [-0.1, -0.05) is 0 Å². The van der Waals surface area contributed by atoms with Gasteiger partial charge in [0.25, 0.3) is 5.88 Å². The Morgan fingerprint density at radius 1 is 1.19 bits per heavy atom. The Bertz CT molecular complexity index is 759. The lowest BCUT2D eigenvalue weighted by atomic mass is 10.1. The number of hydrogen-bond donors (Lipinski definition) is 0. The van der Waals surface area contributed by atoms with Gasteiger partial charge in [-0.25, -0.2) is 4.79 Å². The zero-order chi connectivity index (χ0) is 23.0. The van der Waals surface area contributed by atoms with Crippen LogP contribution in [0.25, 0.3) is 0 Å². The summed E-state index contributed by atoms with van der Waals surface area (Å²) in [7, 11) is 0. The van der Waals surface area contributed by atoms with Crippen molar-refractivity contribution in [3.63, 3.8) is 0 Å². The smallest absolute Gasteiger partial charge is 0.344 e. The van der Waals surface area contributed by atoms with Gasteiger partial charge < -0.3 is 28.7 Å². The lowest BCUT2D eigenvalue weighted by Crippen LogP contribution is -2.50. The van der Waals surface area contributed by atoms with Crippen molar-refractivity contribution in [2.24, 2.45) is 0 Å². The minimum absolute atomic E-state index is 0.0472. The fourth-order valence-corrected chi connectivity index (χ4v) is 3.51. The summed E-state index contributed by atoms with van der Waals surface area (Å²) < 4.78 is 29.9. The molecule has 0 aliphatic carbocycles. The van der Waals surface area contributed by atoms with Crippen molar-refractivity contribution < 1.29 is 33.3 Å². The third-order valence-corrected chi connectivity index (χ3v) is 4.93. The lowest BCUT2D eigenvalue weighted by molar-refractivity contribution is -0.164. The van der Waals surface area contributed by atoms with Crippen molar-refractivity contribution in [1.29, 1.82) is 0 Å². The molecule has 1 amide bonds. The van der Waals surface area contributed by atoms with Gasteiger partial charge in [0, 0.05) is 32.5 Å². The molecule has 12 heteroatoms. The van der Waals surface area contributed by atoms with Gasteiger partial charge in [0.2, 0.25) is 11.7 Å². The van der Waals surface area contributed by atoms with E-state index in [1.165, 1.54) is 13.8 Å². The molecule has 31 heavy (non-hydrogen) atoms. The average Bonchev–Trinajstić information content (AvgIpc) is 3.16. The van der Waals surface area contributed by atoms with Crippen molar-refractivity contribution in [3.05, 3.63) is 0 Å². The SMILES string of the molecule is CC(=O)OCC(=O)O[C@H](COc1nsnc1N1CCOCC1)CN(C(C)=O)C(C)(C)C. The molecule has 0 bridgehead atoms. The van der Waals surface area contributed by atoms with E-state index in [4.69, 9.17) is 18.9 Å². The van der Waals surface area contributed by atoms with Crippen LogP contribution in [0.2, 0.25) is 0 Å². The fourth-order valence-electron chi connectivity index (χ4n) is 2.99. The summed E-state index contributed by atoms with van der Waals surface area (Å²) in [6, 6.07) is 0. The van der Waals surface area contributed by atoms with Crippen LogP contribution in [0.4, 0.5) is 5.82 Å². The van der Waals surface area contributed by atoms with E-state index in [1.807, 2.05) is 25.7 Å². The molecule has 1 atom stereocenters. The van der Waals surface area contributed by atoms with Gasteiger partial charge in [0.15, 0.2) is 12.7 Å².